The molecule has 0 aliphatic carbocycles. The first-order valence-corrected chi connectivity index (χ1v) is 19.5. The molecule has 10 nitrogen and oxygen atoms in total. The maximum absolute atomic E-state index is 16.1. The third-order valence-electron chi connectivity index (χ3n) is 9.12. The zero-order valence-corrected chi connectivity index (χ0v) is 31.2. The fraction of sp³-hybridized carbons (Fsp3) is 0.629. The number of rotatable bonds is 14. The summed E-state index contributed by atoms with van der Waals surface area (Å²) in [6.45, 7) is 19.1. The van der Waals surface area contributed by atoms with Gasteiger partial charge in [-0.25, -0.2) is 14.0 Å². The Morgan fingerprint density at radius 3 is 2.28 bits per heavy atom. The molecule has 0 aliphatic rings. The van der Waals surface area contributed by atoms with E-state index in [1.807, 2.05) is 27.7 Å². The van der Waals surface area contributed by atoms with E-state index in [-0.39, 0.29) is 29.4 Å². The number of hydrogen-bond donors (Lipinski definition) is 2. The quantitative estimate of drug-likeness (QED) is 0.134. The van der Waals surface area contributed by atoms with Crippen molar-refractivity contribution in [1.29, 1.82) is 0 Å². The van der Waals surface area contributed by atoms with Crippen molar-refractivity contribution in [3.63, 3.8) is 0 Å². The molecule has 3 rings (SSSR count). The Kier molecular flexibility index (Phi) is 12.1. The number of fused-ring (bicyclic) bond motifs is 1. The number of halogens is 1. The van der Waals surface area contributed by atoms with Gasteiger partial charge in [0.2, 0.25) is 0 Å². The van der Waals surface area contributed by atoms with Gasteiger partial charge >= 0.3 is 12.1 Å². The summed E-state index contributed by atoms with van der Waals surface area (Å²) in [6.07, 6.45) is 2.25. The number of aryl methyl sites for hydroxylation is 3. The van der Waals surface area contributed by atoms with Crippen molar-refractivity contribution in [2.75, 3.05) is 20.2 Å². The van der Waals surface area contributed by atoms with Gasteiger partial charge in [-0.15, -0.1) is 0 Å². The Morgan fingerprint density at radius 1 is 1.06 bits per heavy atom. The lowest BCUT2D eigenvalue weighted by atomic mass is 9.96. The summed E-state index contributed by atoms with van der Waals surface area (Å²) < 4.78 is 31.3. The summed E-state index contributed by atoms with van der Waals surface area (Å²) in [5.74, 6) is -1.61. The highest BCUT2D eigenvalue weighted by Gasteiger charge is 2.37. The van der Waals surface area contributed by atoms with Crippen molar-refractivity contribution < 1.29 is 33.4 Å². The highest BCUT2D eigenvalue weighted by Crippen LogP contribution is 2.41. The average molecular weight is 675 g/mol. The number of benzene rings is 1. The molecular formula is C35H55FN4O6Si. The van der Waals surface area contributed by atoms with E-state index >= 15 is 4.39 Å². The molecule has 12 heteroatoms. The summed E-state index contributed by atoms with van der Waals surface area (Å²) in [4.78, 5) is 27.0. The van der Waals surface area contributed by atoms with Gasteiger partial charge in [-0.3, -0.25) is 4.68 Å². The van der Waals surface area contributed by atoms with Gasteiger partial charge in [0.15, 0.2) is 8.32 Å². The summed E-state index contributed by atoms with van der Waals surface area (Å²) >= 11 is 0. The smallest absolute Gasteiger partial charge is 0.410 e. The van der Waals surface area contributed by atoms with Gasteiger partial charge in [0.05, 0.1) is 17.8 Å². The number of aliphatic hydroxyl groups is 1. The number of carbonyl (C=O) groups excluding carboxylic acids is 1. The lowest BCUT2D eigenvalue weighted by Gasteiger charge is -2.36. The van der Waals surface area contributed by atoms with Crippen LogP contribution in [0.3, 0.4) is 0 Å². The minimum Gasteiger partial charge on any atom is -0.477 e. The zero-order chi connectivity index (χ0) is 35.5. The van der Waals surface area contributed by atoms with E-state index in [2.05, 4.69) is 39.0 Å². The fourth-order valence-corrected chi connectivity index (χ4v) is 6.81. The summed E-state index contributed by atoms with van der Waals surface area (Å²) in [6, 6.07) is 3.05. The minimum atomic E-state index is -2.00. The number of aromatic carboxylic acids is 1. The number of carbonyl (C=O) groups is 2. The van der Waals surface area contributed by atoms with Gasteiger partial charge in [0.25, 0.3) is 0 Å². The Morgan fingerprint density at radius 2 is 1.72 bits per heavy atom. The van der Waals surface area contributed by atoms with Crippen LogP contribution < -0.4 is 0 Å². The van der Waals surface area contributed by atoms with Gasteiger partial charge in [-0.1, -0.05) is 27.7 Å². The fourth-order valence-electron chi connectivity index (χ4n) is 5.72. The Bertz CT molecular complexity index is 1580. The standard InChI is InChI=1S/C35H55FN4O6Si/c1-12-27-29(26(22-41)37-39(27)9)28-25(36)18-17-24-23(16-15-21-45-47(10,11)35(5,6)7)31(32(42)43)40(30(24)28)20-14-13-19-38(8)33(44)46-34(2,3)4/h17-18,41H,12-16,19-22H2,1-11H3,(H,42,43). The predicted octanol–water partition coefficient (Wildman–Crippen LogP) is 7.54. The second-order valence-corrected chi connectivity index (χ2v) is 19.6. The number of aliphatic hydroxyl groups excluding tert-OH is 1. The van der Waals surface area contributed by atoms with Crippen molar-refractivity contribution >= 4 is 31.3 Å². The van der Waals surface area contributed by atoms with E-state index in [1.165, 1.54) is 11.0 Å². The molecule has 1 amide bonds. The minimum absolute atomic E-state index is 0.0460. The first kappa shape index (κ1) is 38.2. The van der Waals surface area contributed by atoms with Crippen LogP contribution in [-0.2, 0) is 42.2 Å². The third kappa shape index (κ3) is 8.63. The lowest BCUT2D eigenvalue weighted by molar-refractivity contribution is 0.0296. The SMILES string of the molecule is CCc1c(-c2c(F)ccc3c(CCCO[Si](C)(C)C(C)(C)C)c(C(=O)O)n(CCCCN(C)C(=O)OC(C)(C)C)c23)c(CO)nn1C. The lowest BCUT2D eigenvalue weighted by Crippen LogP contribution is -2.41. The molecule has 0 saturated heterocycles. The van der Waals surface area contributed by atoms with E-state index < -0.39 is 31.8 Å². The molecule has 0 radical (unpaired) electrons. The Hall–Kier alpha value is -3.22. The topological polar surface area (TPSA) is 119 Å². The molecule has 0 aliphatic heterocycles. The van der Waals surface area contributed by atoms with Crippen LogP contribution in [0.4, 0.5) is 9.18 Å². The number of aromatic nitrogens is 3. The number of carboxylic acids is 1. The van der Waals surface area contributed by atoms with Gasteiger partial charge < -0.3 is 28.8 Å². The number of hydrogen-bond acceptors (Lipinski definition) is 6. The van der Waals surface area contributed by atoms with Crippen LogP contribution in [-0.4, -0.2) is 75.6 Å². The highest BCUT2D eigenvalue weighted by molar-refractivity contribution is 6.74. The molecule has 0 spiro atoms. The molecule has 3 aromatic rings. The summed E-state index contributed by atoms with van der Waals surface area (Å²) in [5.41, 5.74) is 2.42. The van der Waals surface area contributed by atoms with E-state index in [4.69, 9.17) is 9.16 Å². The number of carboxylic acid groups (broad SMARTS) is 1. The van der Waals surface area contributed by atoms with Gasteiger partial charge in [-0.05, 0) is 88.7 Å². The maximum atomic E-state index is 16.1. The van der Waals surface area contributed by atoms with E-state index in [0.29, 0.717) is 73.0 Å². The maximum Gasteiger partial charge on any atom is 0.410 e. The highest BCUT2D eigenvalue weighted by atomic mass is 28.4. The van der Waals surface area contributed by atoms with E-state index in [0.717, 1.165) is 5.69 Å². The zero-order valence-electron chi connectivity index (χ0n) is 30.2. The molecule has 2 N–H and O–H groups in total. The first-order valence-electron chi connectivity index (χ1n) is 16.6. The van der Waals surface area contributed by atoms with Gasteiger partial charge in [-0.2, -0.15) is 5.10 Å². The van der Waals surface area contributed by atoms with Crippen LogP contribution in [0.1, 0.15) is 95.2 Å². The molecule has 0 atom stereocenters. The summed E-state index contributed by atoms with van der Waals surface area (Å²) in [7, 11) is 1.43. The molecule has 47 heavy (non-hydrogen) atoms. The Balaban J connectivity index is 2.11. The van der Waals surface area contributed by atoms with Crippen LogP contribution >= 0.6 is 0 Å². The van der Waals surface area contributed by atoms with Crippen molar-refractivity contribution in [3.8, 4) is 11.1 Å². The molecule has 0 unspecified atom stereocenters. The first-order chi connectivity index (χ1) is 21.8. The normalized spacial score (nSPS) is 12.6. The second-order valence-electron chi connectivity index (χ2n) is 14.8. The van der Waals surface area contributed by atoms with Crippen molar-refractivity contribution in [3.05, 3.63) is 40.6 Å². The molecular weight excluding hydrogens is 619 g/mol. The van der Waals surface area contributed by atoms with Crippen LogP contribution in [0, 0.1) is 5.82 Å². The average Bonchev–Trinajstić information content (AvgIpc) is 3.45. The predicted molar refractivity (Wildman–Crippen MR) is 186 cm³/mol. The molecule has 2 heterocycles. The van der Waals surface area contributed by atoms with Crippen molar-refractivity contribution in [2.45, 2.75) is 117 Å². The van der Waals surface area contributed by atoms with Gasteiger partial charge in [0, 0.05) is 56.0 Å². The molecule has 1 aromatic carbocycles. The van der Waals surface area contributed by atoms with Crippen LogP contribution in [0.2, 0.25) is 18.1 Å². The van der Waals surface area contributed by atoms with E-state index in [9.17, 15) is 19.8 Å². The molecule has 2 aromatic heterocycles. The number of amides is 1. The molecule has 0 fully saturated rings. The molecule has 0 saturated carbocycles. The summed E-state index contributed by atoms with van der Waals surface area (Å²) in [5, 5.41) is 26.1. The second kappa shape index (κ2) is 14.9. The van der Waals surface area contributed by atoms with Crippen molar-refractivity contribution in [2.24, 2.45) is 7.05 Å². The third-order valence-corrected chi connectivity index (χ3v) is 13.7. The van der Waals surface area contributed by atoms with Crippen LogP contribution in [0.15, 0.2) is 12.1 Å². The Labute approximate surface area is 280 Å². The number of ether oxygens (including phenoxy) is 1. The van der Waals surface area contributed by atoms with E-state index in [1.54, 1.807) is 29.4 Å². The molecule has 262 valence electrons. The van der Waals surface area contributed by atoms with Crippen LogP contribution in [0.5, 0.6) is 0 Å². The molecule has 0 bridgehead atoms. The largest absolute Gasteiger partial charge is 0.477 e. The monoisotopic (exact) mass is 674 g/mol. The van der Waals surface area contributed by atoms with Crippen molar-refractivity contribution in [1.82, 2.24) is 19.2 Å². The van der Waals surface area contributed by atoms with Gasteiger partial charge in [0.1, 0.15) is 17.1 Å². The number of nitrogens with zero attached hydrogens (tertiary/aromatic N) is 4. The number of unbranched alkanes of at least 4 members (excludes halogenated alkanes) is 1. The van der Waals surface area contributed by atoms with Crippen LogP contribution in [0.25, 0.3) is 22.0 Å².